The van der Waals surface area contributed by atoms with E-state index >= 15 is 0 Å². The lowest BCUT2D eigenvalue weighted by Crippen LogP contribution is -2.14. The first kappa shape index (κ1) is 23.5. The van der Waals surface area contributed by atoms with Crippen molar-refractivity contribution in [3.8, 4) is 5.69 Å². The Morgan fingerprint density at radius 3 is 2.53 bits per heavy atom. The second-order valence-electron chi connectivity index (χ2n) is 7.49. The van der Waals surface area contributed by atoms with Gasteiger partial charge in [-0.2, -0.15) is 4.68 Å². The summed E-state index contributed by atoms with van der Waals surface area (Å²) >= 11 is 1.45. The van der Waals surface area contributed by atoms with E-state index in [2.05, 4.69) is 25.6 Å². The number of carbonyl (C=O) groups is 1. The van der Waals surface area contributed by atoms with Crippen molar-refractivity contribution < 1.29 is 13.2 Å². The molecular formula is C23H22N6O3S2. The van der Waals surface area contributed by atoms with Gasteiger partial charge in [-0.05, 0) is 59.3 Å². The molecule has 11 heteroatoms. The van der Waals surface area contributed by atoms with Crippen LogP contribution in [-0.2, 0) is 15.8 Å². The topological polar surface area (TPSA) is 119 Å². The van der Waals surface area contributed by atoms with Gasteiger partial charge in [-0.3, -0.25) is 9.52 Å². The van der Waals surface area contributed by atoms with Crippen LogP contribution >= 0.6 is 11.8 Å². The molecule has 174 valence electrons. The summed E-state index contributed by atoms with van der Waals surface area (Å²) in [6.45, 7) is 1.79. The Kier molecular flexibility index (Phi) is 6.94. The molecule has 1 amide bonds. The van der Waals surface area contributed by atoms with Crippen molar-refractivity contribution in [2.24, 2.45) is 0 Å². The van der Waals surface area contributed by atoms with Crippen molar-refractivity contribution in [3.05, 3.63) is 89.7 Å². The summed E-state index contributed by atoms with van der Waals surface area (Å²) in [6, 6.07) is 21.9. The van der Waals surface area contributed by atoms with E-state index in [1.54, 1.807) is 41.9 Å². The molecule has 0 saturated carbocycles. The Bertz CT molecular complexity index is 1420. The van der Waals surface area contributed by atoms with E-state index in [1.807, 2.05) is 42.5 Å². The van der Waals surface area contributed by atoms with Crippen LogP contribution in [0.1, 0.15) is 21.7 Å². The van der Waals surface area contributed by atoms with Gasteiger partial charge in [0, 0.05) is 10.6 Å². The molecule has 2 N–H and O–H groups in total. The molecule has 0 aliphatic rings. The number of aromatic nitrogens is 4. The Morgan fingerprint density at radius 1 is 1.03 bits per heavy atom. The minimum absolute atomic E-state index is 0.306. The lowest BCUT2D eigenvalue weighted by atomic mass is 10.1. The van der Waals surface area contributed by atoms with Crippen LogP contribution in [0.2, 0.25) is 0 Å². The average Bonchev–Trinajstić information content (AvgIpc) is 3.28. The highest BCUT2D eigenvalue weighted by Crippen LogP contribution is 2.28. The van der Waals surface area contributed by atoms with Crippen LogP contribution in [0.5, 0.6) is 0 Å². The number of anilines is 2. The lowest BCUT2D eigenvalue weighted by molar-refractivity contribution is 0.102. The van der Waals surface area contributed by atoms with Gasteiger partial charge < -0.3 is 5.32 Å². The molecule has 0 aliphatic heterocycles. The number of sulfonamides is 1. The summed E-state index contributed by atoms with van der Waals surface area (Å²) in [4.78, 5) is 13.8. The van der Waals surface area contributed by atoms with Crippen LogP contribution in [0.25, 0.3) is 5.69 Å². The molecule has 4 aromatic rings. The van der Waals surface area contributed by atoms with E-state index in [0.29, 0.717) is 28.5 Å². The van der Waals surface area contributed by atoms with Gasteiger partial charge in [0.2, 0.25) is 10.0 Å². The smallest absolute Gasteiger partial charge is 0.256 e. The van der Waals surface area contributed by atoms with Crippen LogP contribution < -0.4 is 10.0 Å². The molecule has 34 heavy (non-hydrogen) atoms. The summed E-state index contributed by atoms with van der Waals surface area (Å²) in [7, 11) is -3.44. The van der Waals surface area contributed by atoms with Crippen molar-refractivity contribution in [2.45, 2.75) is 17.6 Å². The minimum Gasteiger partial charge on any atom is -0.322 e. The normalized spacial score (nSPS) is 11.2. The van der Waals surface area contributed by atoms with E-state index in [-0.39, 0.29) is 5.91 Å². The Labute approximate surface area is 201 Å². The van der Waals surface area contributed by atoms with Crippen LogP contribution in [0.4, 0.5) is 11.4 Å². The number of thioether (sulfide) groups is 1. The van der Waals surface area contributed by atoms with E-state index in [4.69, 9.17) is 0 Å². The predicted octanol–water partition coefficient (Wildman–Crippen LogP) is 3.89. The third-order valence-corrected chi connectivity index (χ3v) is 6.47. The maximum Gasteiger partial charge on any atom is 0.256 e. The zero-order valence-electron chi connectivity index (χ0n) is 18.5. The van der Waals surface area contributed by atoms with Crippen LogP contribution in [0.15, 0.2) is 77.7 Å². The summed E-state index contributed by atoms with van der Waals surface area (Å²) in [6.07, 6.45) is 1.08. The molecule has 0 unspecified atom stereocenters. The zero-order valence-corrected chi connectivity index (χ0v) is 20.1. The average molecular weight is 495 g/mol. The minimum atomic E-state index is -3.44. The third kappa shape index (κ3) is 5.80. The van der Waals surface area contributed by atoms with Gasteiger partial charge in [0.15, 0.2) is 5.82 Å². The molecular weight excluding hydrogens is 472 g/mol. The van der Waals surface area contributed by atoms with Crippen molar-refractivity contribution in [1.29, 1.82) is 0 Å². The number of nitrogens with one attached hydrogen (secondary N) is 2. The van der Waals surface area contributed by atoms with Gasteiger partial charge >= 0.3 is 0 Å². The molecule has 9 nitrogen and oxygen atoms in total. The molecule has 0 spiro atoms. The zero-order chi connectivity index (χ0) is 24.1. The van der Waals surface area contributed by atoms with Gasteiger partial charge in [0.25, 0.3) is 5.91 Å². The van der Waals surface area contributed by atoms with Gasteiger partial charge in [0.1, 0.15) is 0 Å². The number of hydrogen-bond donors (Lipinski definition) is 2. The van der Waals surface area contributed by atoms with Crippen LogP contribution in [0, 0.1) is 6.92 Å². The van der Waals surface area contributed by atoms with Gasteiger partial charge in [-0.25, -0.2) is 8.42 Å². The number of para-hydroxylation sites is 1. The van der Waals surface area contributed by atoms with E-state index < -0.39 is 10.0 Å². The second-order valence-corrected chi connectivity index (χ2v) is 10.3. The number of amides is 1. The van der Waals surface area contributed by atoms with Gasteiger partial charge in [-0.1, -0.05) is 36.4 Å². The van der Waals surface area contributed by atoms with Gasteiger partial charge in [0.05, 0.1) is 28.9 Å². The first-order valence-electron chi connectivity index (χ1n) is 10.2. The molecule has 0 radical (unpaired) electrons. The number of hydrogen-bond acceptors (Lipinski definition) is 7. The number of nitrogens with zero attached hydrogens (tertiary/aromatic N) is 4. The first-order valence-corrected chi connectivity index (χ1v) is 13.1. The van der Waals surface area contributed by atoms with Crippen molar-refractivity contribution in [1.82, 2.24) is 20.2 Å². The summed E-state index contributed by atoms with van der Waals surface area (Å²) in [5.74, 6) is 0.806. The number of carbonyl (C=O) groups excluding carboxylic acids is 1. The number of tetrazole rings is 1. The van der Waals surface area contributed by atoms with Crippen LogP contribution in [0.3, 0.4) is 0 Å². The van der Waals surface area contributed by atoms with Crippen molar-refractivity contribution in [2.75, 3.05) is 16.3 Å². The molecule has 0 atom stereocenters. The maximum absolute atomic E-state index is 13.1. The number of benzene rings is 3. The molecule has 1 heterocycles. The van der Waals surface area contributed by atoms with E-state index in [0.717, 1.165) is 22.4 Å². The van der Waals surface area contributed by atoms with Crippen molar-refractivity contribution >= 4 is 39.1 Å². The highest BCUT2D eigenvalue weighted by molar-refractivity contribution is 7.98. The molecule has 0 fully saturated rings. The number of rotatable bonds is 8. The molecule has 1 aromatic heterocycles. The molecule has 0 aliphatic carbocycles. The molecule has 0 bridgehead atoms. The Morgan fingerprint density at radius 2 is 1.76 bits per heavy atom. The Balaban J connectivity index is 1.51. The molecule has 4 rings (SSSR count). The molecule has 3 aromatic carbocycles. The maximum atomic E-state index is 13.1. The predicted molar refractivity (Wildman–Crippen MR) is 133 cm³/mol. The monoisotopic (exact) mass is 494 g/mol. The molecule has 0 saturated heterocycles. The fourth-order valence-electron chi connectivity index (χ4n) is 3.20. The fourth-order valence-corrected chi connectivity index (χ4v) is 4.77. The fraction of sp³-hybridized carbons (Fsp3) is 0.130. The quantitative estimate of drug-likeness (QED) is 0.357. The third-order valence-electron chi connectivity index (χ3n) is 4.81. The standard InChI is InChI=1S/C23H22N6O3S2/c1-16-12-13-17(14-20(16)26-34(2,31)32)24-23(30)19-10-6-7-11-21(19)33-15-22-25-27-28-29(22)18-8-4-3-5-9-18/h3-14,26H,15H2,1-2H3,(H,24,30). The summed E-state index contributed by atoms with van der Waals surface area (Å²) in [5.41, 5.74) is 2.98. The van der Waals surface area contributed by atoms with Gasteiger partial charge in [-0.15, -0.1) is 16.9 Å². The first-order chi connectivity index (χ1) is 16.3. The highest BCUT2D eigenvalue weighted by Gasteiger charge is 2.15. The number of aryl methyl sites for hydroxylation is 1. The Hall–Kier alpha value is -3.70. The van der Waals surface area contributed by atoms with Crippen LogP contribution in [-0.4, -0.2) is 40.8 Å². The SMILES string of the molecule is Cc1ccc(NC(=O)c2ccccc2SCc2nnnn2-c2ccccc2)cc1NS(C)(=O)=O. The van der Waals surface area contributed by atoms with Crippen molar-refractivity contribution in [3.63, 3.8) is 0 Å². The summed E-state index contributed by atoms with van der Waals surface area (Å²) in [5, 5.41) is 14.8. The largest absolute Gasteiger partial charge is 0.322 e. The second kappa shape index (κ2) is 10.1. The van der Waals surface area contributed by atoms with E-state index in [9.17, 15) is 13.2 Å². The lowest BCUT2D eigenvalue weighted by Gasteiger charge is -2.13. The summed E-state index contributed by atoms with van der Waals surface area (Å²) < 4.78 is 27.4. The van der Waals surface area contributed by atoms with E-state index in [1.165, 1.54) is 11.8 Å². The highest BCUT2D eigenvalue weighted by atomic mass is 32.2.